The van der Waals surface area contributed by atoms with Crippen molar-refractivity contribution in [1.29, 1.82) is 0 Å². The molecule has 0 bridgehead atoms. The fourth-order valence-corrected chi connectivity index (χ4v) is 2.17. The van der Waals surface area contributed by atoms with E-state index in [0.717, 1.165) is 22.3 Å². The summed E-state index contributed by atoms with van der Waals surface area (Å²) in [5, 5.41) is 0. The molecule has 0 aliphatic heterocycles. The smallest absolute Gasteiger partial charge is 0.0934 e. The monoisotopic (exact) mass is 250 g/mol. The Hall–Kier alpha value is -2.33. The molecule has 0 amide bonds. The molecule has 0 fully saturated rings. The quantitative estimate of drug-likeness (QED) is 0.774. The van der Waals surface area contributed by atoms with E-state index in [1.165, 1.54) is 0 Å². The van der Waals surface area contributed by atoms with Crippen LogP contribution in [0, 0.1) is 0 Å². The maximum atomic E-state index is 6.29. The minimum atomic E-state index is -0.129. The molecule has 2 heterocycles. The summed E-state index contributed by atoms with van der Waals surface area (Å²) < 4.78 is 0. The largest absolute Gasteiger partial charge is 0.324 e. The number of nitrogens with two attached hydrogens (primary N) is 1. The van der Waals surface area contributed by atoms with E-state index in [1.807, 2.05) is 36.4 Å². The summed E-state index contributed by atoms with van der Waals surface area (Å²) in [5.74, 6) is 0. The van der Waals surface area contributed by atoms with Crippen LogP contribution in [0.1, 0.15) is 17.3 Å². The third-order valence-corrected chi connectivity index (χ3v) is 3.08. The molecule has 4 nitrogen and oxygen atoms in total. The van der Waals surface area contributed by atoms with Crippen LogP contribution < -0.4 is 5.73 Å². The Labute approximate surface area is 111 Å². The molecular formula is C15H14N4. The summed E-state index contributed by atoms with van der Waals surface area (Å²) in [6.45, 7) is 0. The van der Waals surface area contributed by atoms with Crippen LogP contribution in [0.4, 0.5) is 0 Å². The zero-order chi connectivity index (χ0) is 13.1. The van der Waals surface area contributed by atoms with Gasteiger partial charge in [0.25, 0.3) is 0 Å². The number of nitrogens with zero attached hydrogens (tertiary/aromatic N) is 3. The van der Waals surface area contributed by atoms with Crippen LogP contribution in [0.3, 0.4) is 0 Å². The SMILES string of the molecule is NC(Cc1ccccn1)c1cccc2nccnc12. The Kier molecular flexibility index (Phi) is 3.16. The van der Waals surface area contributed by atoms with Gasteiger partial charge < -0.3 is 5.73 Å². The van der Waals surface area contributed by atoms with Gasteiger partial charge in [0.2, 0.25) is 0 Å². The van der Waals surface area contributed by atoms with Gasteiger partial charge in [0, 0.05) is 36.7 Å². The van der Waals surface area contributed by atoms with E-state index in [4.69, 9.17) is 5.73 Å². The van der Waals surface area contributed by atoms with Gasteiger partial charge in [0.15, 0.2) is 0 Å². The minimum absolute atomic E-state index is 0.129. The highest BCUT2D eigenvalue weighted by atomic mass is 14.8. The van der Waals surface area contributed by atoms with E-state index in [9.17, 15) is 0 Å². The van der Waals surface area contributed by atoms with Gasteiger partial charge in [-0.3, -0.25) is 15.0 Å². The molecule has 19 heavy (non-hydrogen) atoms. The second-order valence-electron chi connectivity index (χ2n) is 4.40. The molecule has 2 N–H and O–H groups in total. The van der Waals surface area contributed by atoms with Crippen molar-refractivity contribution in [1.82, 2.24) is 15.0 Å². The molecule has 1 unspecified atom stereocenters. The predicted octanol–water partition coefficient (Wildman–Crippen LogP) is 2.27. The van der Waals surface area contributed by atoms with E-state index < -0.39 is 0 Å². The zero-order valence-corrected chi connectivity index (χ0v) is 10.4. The molecule has 3 rings (SSSR count). The Morgan fingerprint density at radius 3 is 2.63 bits per heavy atom. The van der Waals surface area contributed by atoms with Crippen LogP contribution in [-0.4, -0.2) is 15.0 Å². The van der Waals surface area contributed by atoms with E-state index in [1.54, 1.807) is 18.6 Å². The van der Waals surface area contributed by atoms with E-state index in [-0.39, 0.29) is 6.04 Å². The number of pyridine rings is 1. The van der Waals surface area contributed by atoms with Crippen molar-refractivity contribution in [2.45, 2.75) is 12.5 Å². The van der Waals surface area contributed by atoms with Crippen LogP contribution in [-0.2, 0) is 6.42 Å². The number of para-hydroxylation sites is 1. The lowest BCUT2D eigenvalue weighted by atomic mass is 10.0. The molecule has 0 aliphatic rings. The van der Waals surface area contributed by atoms with Crippen molar-refractivity contribution in [2.75, 3.05) is 0 Å². The lowest BCUT2D eigenvalue weighted by Gasteiger charge is -2.13. The highest BCUT2D eigenvalue weighted by Crippen LogP contribution is 2.21. The molecule has 0 aliphatic carbocycles. The maximum Gasteiger partial charge on any atom is 0.0934 e. The third-order valence-electron chi connectivity index (χ3n) is 3.08. The summed E-state index contributed by atoms with van der Waals surface area (Å²) in [4.78, 5) is 13.0. The molecule has 3 aromatic rings. The summed E-state index contributed by atoms with van der Waals surface area (Å²) in [7, 11) is 0. The average Bonchev–Trinajstić information content (AvgIpc) is 2.47. The number of benzene rings is 1. The molecule has 2 aromatic heterocycles. The van der Waals surface area contributed by atoms with Crippen LogP contribution in [0.2, 0.25) is 0 Å². The maximum absolute atomic E-state index is 6.29. The Morgan fingerprint density at radius 2 is 1.79 bits per heavy atom. The second kappa shape index (κ2) is 5.12. The standard InChI is InChI=1S/C15H14N4/c16-13(10-11-4-1-2-7-17-11)12-5-3-6-14-15(12)19-9-8-18-14/h1-9,13H,10,16H2. The topological polar surface area (TPSA) is 64.7 Å². The zero-order valence-electron chi connectivity index (χ0n) is 10.4. The summed E-state index contributed by atoms with van der Waals surface area (Å²) >= 11 is 0. The number of fused-ring (bicyclic) bond motifs is 1. The fraction of sp³-hybridized carbons (Fsp3) is 0.133. The number of hydrogen-bond acceptors (Lipinski definition) is 4. The summed E-state index contributed by atoms with van der Waals surface area (Å²) in [6, 6.07) is 11.6. The predicted molar refractivity (Wildman–Crippen MR) is 74.4 cm³/mol. The first-order valence-corrected chi connectivity index (χ1v) is 6.20. The molecule has 0 saturated carbocycles. The molecule has 4 heteroatoms. The summed E-state index contributed by atoms with van der Waals surface area (Å²) in [5.41, 5.74) is 10.0. The third kappa shape index (κ3) is 2.44. The van der Waals surface area contributed by atoms with E-state index >= 15 is 0 Å². The van der Waals surface area contributed by atoms with Gasteiger partial charge in [-0.15, -0.1) is 0 Å². The van der Waals surface area contributed by atoms with Gasteiger partial charge in [-0.2, -0.15) is 0 Å². The second-order valence-corrected chi connectivity index (χ2v) is 4.40. The molecule has 1 aromatic carbocycles. The van der Waals surface area contributed by atoms with Crippen LogP contribution in [0.15, 0.2) is 55.0 Å². The molecule has 0 saturated heterocycles. The first-order chi connectivity index (χ1) is 9.34. The van der Waals surface area contributed by atoms with Gasteiger partial charge in [0.05, 0.1) is 11.0 Å². The number of aromatic nitrogens is 3. The molecule has 0 radical (unpaired) electrons. The van der Waals surface area contributed by atoms with Crippen molar-refractivity contribution in [3.63, 3.8) is 0 Å². The average molecular weight is 250 g/mol. The van der Waals surface area contributed by atoms with Crippen LogP contribution in [0.25, 0.3) is 11.0 Å². The highest BCUT2D eigenvalue weighted by molar-refractivity contribution is 5.78. The van der Waals surface area contributed by atoms with Gasteiger partial charge >= 0.3 is 0 Å². The van der Waals surface area contributed by atoms with Crippen molar-refractivity contribution in [3.05, 3.63) is 66.2 Å². The first kappa shape index (κ1) is 11.7. The molecule has 94 valence electrons. The molecule has 1 atom stereocenters. The van der Waals surface area contributed by atoms with Crippen molar-refractivity contribution in [3.8, 4) is 0 Å². The van der Waals surface area contributed by atoms with Crippen molar-refractivity contribution < 1.29 is 0 Å². The van der Waals surface area contributed by atoms with Gasteiger partial charge in [0.1, 0.15) is 0 Å². The van der Waals surface area contributed by atoms with E-state index in [0.29, 0.717) is 6.42 Å². The van der Waals surface area contributed by atoms with Gasteiger partial charge in [-0.1, -0.05) is 18.2 Å². The number of rotatable bonds is 3. The normalized spacial score (nSPS) is 12.5. The minimum Gasteiger partial charge on any atom is -0.324 e. The molecular weight excluding hydrogens is 236 g/mol. The van der Waals surface area contributed by atoms with E-state index in [2.05, 4.69) is 15.0 Å². The Morgan fingerprint density at radius 1 is 0.895 bits per heavy atom. The van der Waals surface area contributed by atoms with Gasteiger partial charge in [-0.25, -0.2) is 0 Å². The summed E-state index contributed by atoms with van der Waals surface area (Å²) in [6.07, 6.45) is 5.86. The first-order valence-electron chi connectivity index (χ1n) is 6.20. The van der Waals surface area contributed by atoms with Crippen molar-refractivity contribution >= 4 is 11.0 Å². The Bertz CT molecular complexity index is 677. The van der Waals surface area contributed by atoms with Crippen molar-refractivity contribution in [2.24, 2.45) is 5.73 Å². The fourth-order valence-electron chi connectivity index (χ4n) is 2.17. The molecule has 0 spiro atoms. The highest BCUT2D eigenvalue weighted by Gasteiger charge is 2.12. The van der Waals surface area contributed by atoms with Crippen LogP contribution in [0.5, 0.6) is 0 Å². The van der Waals surface area contributed by atoms with Gasteiger partial charge in [-0.05, 0) is 23.8 Å². The van der Waals surface area contributed by atoms with Crippen LogP contribution >= 0.6 is 0 Å². The Balaban J connectivity index is 1.96. The number of hydrogen-bond donors (Lipinski definition) is 1. The lowest BCUT2D eigenvalue weighted by molar-refractivity contribution is 0.710. The lowest BCUT2D eigenvalue weighted by Crippen LogP contribution is -2.15.